The number of aryl methyl sites for hydroxylation is 2. The first-order valence-corrected chi connectivity index (χ1v) is 14.4. The van der Waals surface area contributed by atoms with Crippen LogP contribution >= 0.6 is 0 Å². The van der Waals surface area contributed by atoms with Crippen LogP contribution in [-0.4, -0.2) is 51.1 Å². The van der Waals surface area contributed by atoms with Gasteiger partial charge >= 0.3 is 6.09 Å². The van der Waals surface area contributed by atoms with E-state index < -0.39 is 35.2 Å². The summed E-state index contributed by atoms with van der Waals surface area (Å²) >= 11 is 0. The molecule has 3 unspecified atom stereocenters. The molecule has 2 aromatic rings. The second-order valence-corrected chi connectivity index (χ2v) is 12.9. The van der Waals surface area contributed by atoms with Crippen LogP contribution in [-0.2, 0) is 20.7 Å². The molecule has 226 valence electrons. The summed E-state index contributed by atoms with van der Waals surface area (Å²) in [5.41, 5.74) is 1.95. The molecule has 0 saturated carbocycles. The third kappa shape index (κ3) is 10.1. The Labute approximate surface area is 245 Å². The fourth-order valence-corrected chi connectivity index (χ4v) is 4.71. The molecule has 0 spiro atoms. The van der Waals surface area contributed by atoms with Crippen molar-refractivity contribution in [3.8, 4) is 5.75 Å². The van der Waals surface area contributed by atoms with Crippen molar-refractivity contribution in [2.45, 2.75) is 118 Å². The standard InChI is InChI=1S/C33H49N3O5/c1-11-12-23(4)34-29(38)28(25-16-13-21(2)22(3)19-25)36(32(5,6)7)30(39)27(35-31(40)41-33(8,9)10)20-24-14-17-26(37)18-15-24/h13-19,23,27-28,37H,11-12,20H2,1-10H3,(H,34,38)(H,35,40). The Balaban J connectivity index is 2.65. The molecule has 0 aliphatic carbocycles. The van der Waals surface area contributed by atoms with Crippen molar-refractivity contribution in [1.29, 1.82) is 0 Å². The lowest BCUT2D eigenvalue weighted by molar-refractivity contribution is -0.148. The summed E-state index contributed by atoms with van der Waals surface area (Å²) in [5, 5.41) is 15.7. The monoisotopic (exact) mass is 567 g/mol. The zero-order chi connectivity index (χ0) is 31.1. The van der Waals surface area contributed by atoms with Gasteiger partial charge in [-0.2, -0.15) is 0 Å². The van der Waals surface area contributed by atoms with E-state index >= 15 is 0 Å². The topological polar surface area (TPSA) is 108 Å². The van der Waals surface area contributed by atoms with Gasteiger partial charge in [-0.25, -0.2) is 4.79 Å². The highest BCUT2D eigenvalue weighted by Gasteiger charge is 2.42. The molecule has 8 heteroatoms. The molecule has 0 aromatic heterocycles. The van der Waals surface area contributed by atoms with Crippen LogP contribution in [0.5, 0.6) is 5.75 Å². The number of rotatable bonds is 10. The first kappa shape index (κ1) is 33.7. The van der Waals surface area contributed by atoms with E-state index in [1.54, 1.807) is 37.8 Å². The summed E-state index contributed by atoms with van der Waals surface area (Å²) in [5.74, 6) is -0.600. The predicted molar refractivity (Wildman–Crippen MR) is 163 cm³/mol. The van der Waals surface area contributed by atoms with E-state index in [0.29, 0.717) is 5.56 Å². The Morgan fingerprint density at radius 1 is 0.927 bits per heavy atom. The second-order valence-electron chi connectivity index (χ2n) is 12.9. The van der Waals surface area contributed by atoms with Gasteiger partial charge in [-0.3, -0.25) is 9.59 Å². The maximum Gasteiger partial charge on any atom is 0.408 e. The van der Waals surface area contributed by atoms with Crippen molar-refractivity contribution in [2.24, 2.45) is 0 Å². The number of phenolic OH excluding ortho intramolecular Hbond substituents is 1. The fraction of sp³-hybridized carbons (Fsp3) is 0.545. The van der Waals surface area contributed by atoms with Crippen LogP contribution in [0.1, 0.15) is 96.5 Å². The number of amides is 3. The molecular formula is C33H49N3O5. The number of phenols is 1. The van der Waals surface area contributed by atoms with E-state index in [1.807, 2.05) is 59.7 Å². The molecule has 2 aromatic carbocycles. The lowest BCUT2D eigenvalue weighted by Crippen LogP contribution is -2.59. The predicted octanol–water partition coefficient (Wildman–Crippen LogP) is 6.12. The number of hydrogen-bond donors (Lipinski definition) is 3. The zero-order valence-corrected chi connectivity index (χ0v) is 26.4. The van der Waals surface area contributed by atoms with Gasteiger partial charge in [-0.15, -0.1) is 0 Å². The van der Waals surface area contributed by atoms with Gasteiger partial charge in [-0.05, 0) is 103 Å². The maximum absolute atomic E-state index is 14.6. The Hall–Kier alpha value is -3.55. The van der Waals surface area contributed by atoms with Crippen LogP contribution in [0.4, 0.5) is 4.79 Å². The van der Waals surface area contributed by atoms with Gasteiger partial charge in [0.05, 0.1) is 0 Å². The summed E-state index contributed by atoms with van der Waals surface area (Å²) in [6.07, 6.45) is 1.12. The largest absolute Gasteiger partial charge is 0.508 e. The molecule has 0 aliphatic rings. The molecule has 3 amide bonds. The lowest BCUT2D eigenvalue weighted by atomic mass is 9.92. The minimum atomic E-state index is -1.04. The van der Waals surface area contributed by atoms with Crippen LogP contribution in [0.3, 0.4) is 0 Å². The third-order valence-electron chi connectivity index (χ3n) is 6.79. The number of alkyl carbamates (subject to hydrolysis) is 1. The number of ether oxygens (including phenoxy) is 1. The summed E-state index contributed by atoms with van der Waals surface area (Å²) in [7, 11) is 0. The molecule has 3 N–H and O–H groups in total. The van der Waals surface area contributed by atoms with Crippen molar-refractivity contribution in [1.82, 2.24) is 15.5 Å². The quantitative estimate of drug-likeness (QED) is 0.321. The fourth-order valence-electron chi connectivity index (χ4n) is 4.71. The average molecular weight is 568 g/mol. The molecule has 41 heavy (non-hydrogen) atoms. The van der Waals surface area contributed by atoms with Gasteiger partial charge in [0, 0.05) is 18.0 Å². The van der Waals surface area contributed by atoms with Gasteiger partial charge in [0.25, 0.3) is 0 Å². The van der Waals surface area contributed by atoms with Crippen LogP contribution in [0.25, 0.3) is 0 Å². The molecule has 8 nitrogen and oxygen atoms in total. The molecule has 3 atom stereocenters. The van der Waals surface area contributed by atoms with E-state index in [9.17, 15) is 19.5 Å². The number of hydrogen-bond acceptors (Lipinski definition) is 5. The maximum atomic E-state index is 14.6. The highest BCUT2D eigenvalue weighted by molar-refractivity contribution is 5.93. The average Bonchev–Trinajstić information content (AvgIpc) is 2.83. The van der Waals surface area contributed by atoms with Gasteiger partial charge < -0.3 is 25.4 Å². The van der Waals surface area contributed by atoms with Crippen LogP contribution in [0, 0.1) is 13.8 Å². The molecule has 0 bridgehead atoms. The van der Waals surface area contributed by atoms with E-state index in [-0.39, 0.29) is 24.1 Å². The Kier molecular flexibility index (Phi) is 11.4. The van der Waals surface area contributed by atoms with Gasteiger partial charge in [0.15, 0.2) is 0 Å². The molecule has 0 heterocycles. The smallest absolute Gasteiger partial charge is 0.408 e. The van der Waals surface area contributed by atoms with Crippen molar-refractivity contribution >= 4 is 17.9 Å². The number of benzene rings is 2. The van der Waals surface area contributed by atoms with Crippen molar-refractivity contribution in [2.75, 3.05) is 0 Å². The number of carbonyl (C=O) groups excluding carboxylic acids is 3. The summed E-state index contributed by atoms with van der Waals surface area (Å²) in [6, 6.07) is 10.2. The van der Waals surface area contributed by atoms with Crippen molar-refractivity contribution in [3.63, 3.8) is 0 Å². The highest BCUT2D eigenvalue weighted by atomic mass is 16.6. The second kappa shape index (κ2) is 13.9. The van der Waals surface area contributed by atoms with Crippen LogP contribution in [0.15, 0.2) is 42.5 Å². The normalized spacial score (nSPS) is 14.0. The van der Waals surface area contributed by atoms with Crippen molar-refractivity contribution < 1.29 is 24.2 Å². The minimum Gasteiger partial charge on any atom is -0.508 e. The van der Waals surface area contributed by atoms with Gasteiger partial charge in [0.2, 0.25) is 11.8 Å². The first-order valence-electron chi connectivity index (χ1n) is 14.4. The van der Waals surface area contributed by atoms with Gasteiger partial charge in [-0.1, -0.05) is 43.7 Å². The number of nitrogens with one attached hydrogen (secondary N) is 2. The first-order chi connectivity index (χ1) is 18.9. The summed E-state index contributed by atoms with van der Waals surface area (Å²) in [4.78, 5) is 43.1. The number of nitrogens with zero attached hydrogens (tertiary/aromatic N) is 1. The van der Waals surface area contributed by atoms with Crippen LogP contribution in [0.2, 0.25) is 0 Å². The number of aromatic hydroxyl groups is 1. The minimum absolute atomic E-state index is 0.0776. The molecule has 0 aliphatic heterocycles. The lowest BCUT2D eigenvalue weighted by Gasteiger charge is -2.43. The third-order valence-corrected chi connectivity index (χ3v) is 6.79. The summed E-state index contributed by atoms with van der Waals surface area (Å²) < 4.78 is 5.50. The van der Waals surface area contributed by atoms with E-state index in [4.69, 9.17) is 4.74 Å². The molecule has 0 saturated heterocycles. The van der Waals surface area contributed by atoms with Crippen LogP contribution < -0.4 is 10.6 Å². The molecule has 0 radical (unpaired) electrons. The van der Waals surface area contributed by atoms with Gasteiger partial charge in [0.1, 0.15) is 23.4 Å². The highest BCUT2D eigenvalue weighted by Crippen LogP contribution is 2.32. The Bertz CT molecular complexity index is 1190. The van der Waals surface area contributed by atoms with E-state index in [2.05, 4.69) is 17.6 Å². The Morgan fingerprint density at radius 3 is 2.05 bits per heavy atom. The zero-order valence-electron chi connectivity index (χ0n) is 26.4. The molecule has 2 rings (SSSR count). The number of carbonyl (C=O) groups is 3. The summed E-state index contributed by atoms with van der Waals surface area (Å²) in [6.45, 7) is 18.9. The SMILES string of the molecule is CCCC(C)NC(=O)C(c1ccc(C)c(C)c1)N(C(=O)C(Cc1ccc(O)cc1)NC(=O)OC(C)(C)C)C(C)(C)C. The molecular weight excluding hydrogens is 518 g/mol. The molecule has 0 fully saturated rings. The van der Waals surface area contributed by atoms with E-state index in [1.165, 1.54) is 12.1 Å². The Morgan fingerprint density at radius 2 is 1.54 bits per heavy atom. The van der Waals surface area contributed by atoms with Crippen molar-refractivity contribution in [3.05, 3.63) is 64.7 Å². The van der Waals surface area contributed by atoms with E-state index in [0.717, 1.165) is 29.5 Å².